The van der Waals surface area contributed by atoms with Gasteiger partial charge in [0.15, 0.2) is 0 Å². The summed E-state index contributed by atoms with van der Waals surface area (Å²) in [7, 11) is 1.64. The molecule has 0 radical (unpaired) electrons. The Labute approximate surface area is 114 Å². The molecule has 2 heteroatoms. The Bertz CT molecular complexity index is 543. The van der Waals surface area contributed by atoms with Gasteiger partial charge in [-0.3, -0.25) is 0 Å². The Balaban J connectivity index is 2.20. The minimum atomic E-state index is -0.105. The molecule has 0 bridgehead atoms. The molecule has 0 aromatic heterocycles. The molecule has 98 valence electrons. The quantitative estimate of drug-likeness (QED) is 0.763. The fourth-order valence-corrected chi connectivity index (χ4v) is 2.17. The summed E-state index contributed by atoms with van der Waals surface area (Å²) in [4.78, 5) is 11.3. The van der Waals surface area contributed by atoms with Crippen molar-refractivity contribution in [1.29, 1.82) is 0 Å². The van der Waals surface area contributed by atoms with E-state index in [0.717, 1.165) is 24.0 Å². The van der Waals surface area contributed by atoms with Crippen molar-refractivity contribution < 1.29 is 9.53 Å². The third kappa shape index (κ3) is 3.22. The number of hydrogen-bond acceptors (Lipinski definition) is 2. The van der Waals surface area contributed by atoms with E-state index < -0.39 is 0 Å². The van der Waals surface area contributed by atoms with E-state index >= 15 is 0 Å². The van der Waals surface area contributed by atoms with Gasteiger partial charge in [-0.05, 0) is 42.2 Å². The van der Waals surface area contributed by atoms with Gasteiger partial charge in [0.25, 0.3) is 0 Å². The summed E-state index contributed by atoms with van der Waals surface area (Å²) in [6.07, 6.45) is 1.76. The molecule has 2 rings (SSSR count). The first-order chi connectivity index (χ1) is 9.24. The van der Waals surface area contributed by atoms with E-state index in [1.807, 2.05) is 36.4 Å². The first-order valence-corrected chi connectivity index (χ1v) is 6.38. The van der Waals surface area contributed by atoms with Crippen molar-refractivity contribution in [2.45, 2.75) is 19.3 Å². The van der Waals surface area contributed by atoms with Crippen molar-refractivity contribution >= 4 is 6.29 Å². The highest BCUT2D eigenvalue weighted by molar-refractivity contribution is 5.63. The second-order valence-corrected chi connectivity index (χ2v) is 4.65. The molecule has 0 saturated carbocycles. The highest BCUT2D eigenvalue weighted by atomic mass is 16.5. The van der Waals surface area contributed by atoms with E-state index in [0.29, 0.717) is 0 Å². The van der Waals surface area contributed by atoms with Gasteiger partial charge in [-0.15, -0.1) is 0 Å². The standard InChI is InChI=1S/C17H18O2/c1-13-5-3-4-6-15(13)11-16(12-18)14-7-9-17(19-2)10-8-14/h3-10,12,16H,11H2,1-2H3. The molecule has 0 spiro atoms. The molecular weight excluding hydrogens is 236 g/mol. The Morgan fingerprint density at radius 2 is 1.79 bits per heavy atom. The van der Waals surface area contributed by atoms with Gasteiger partial charge in [-0.25, -0.2) is 0 Å². The average molecular weight is 254 g/mol. The molecule has 0 saturated heterocycles. The summed E-state index contributed by atoms with van der Waals surface area (Å²) in [6, 6.07) is 15.9. The zero-order valence-electron chi connectivity index (χ0n) is 11.3. The fourth-order valence-electron chi connectivity index (χ4n) is 2.17. The molecule has 0 heterocycles. The van der Waals surface area contributed by atoms with E-state index in [2.05, 4.69) is 19.1 Å². The Morgan fingerprint density at radius 1 is 1.11 bits per heavy atom. The zero-order valence-corrected chi connectivity index (χ0v) is 11.3. The van der Waals surface area contributed by atoms with Crippen LogP contribution in [0.25, 0.3) is 0 Å². The molecule has 2 aromatic rings. The molecule has 1 unspecified atom stereocenters. The predicted octanol–water partition coefficient (Wildman–Crippen LogP) is 3.53. The molecule has 1 atom stereocenters. The van der Waals surface area contributed by atoms with Crippen LogP contribution in [0.2, 0.25) is 0 Å². The van der Waals surface area contributed by atoms with Crippen LogP contribution in [-0.2, 0) is 11.2 Å². The Kier molecular flexibility index (Phi) is 4.35. The van der Waals surface area contributed by atoms with Crippen LogP contribution in [0.5, 0.6) is 5.75 Å². The van der Waals surface area contributed by atoms with Gasteiger partial charge in [-0.2, -0.15) is 0 Å². The molecule has 0 fully saturated rings. The number of carbonyl (C=O) groups is 1. The van der Waals surface area contributed by atoms with Gasteiger partial charge >= 0.3 is 0 Å². The van der Waals surface area contributed by atoms with Crippen molar-refractivity contribution in [3.05, 3.63) is 65.2 Å². The second kappa shape index (κ2) is 6.19. The molecule has 19 heavy (non-hydrogen) atoms. The van der Waals surface area contributed by atoms with Crippen LogP contribution in [0, 0.1) is 6.92 Å². The van der Waals surface area contributed by atoms with Gasteiger partial charge in [0.1, 0.15) is 12.0 Å². The predicted molar refractivity (Wildman–Crippen MR) is 76.7 cm³/mol. The van der Waals surface area contributed by atoms with Gasteiger partial charge in [0, 0.05) is 5.92 Å². The van der Waals surface area contributed by atoms with Crippen LogP contribution in [0.4, 0.5) is 0 Å². The summed E-state index contributed by atoms with van der Waals surface area (Å²) in [5.74, 6) is 0.705. The Morgan fingerprint density at radius 3 is 2.37 bits per heavy atom. The van der Waals surface area contributed by atoms with Crippen LogP contribution in [0.1, 0.15) is 22.6 Å². The highest BCUT2D eigenvalue weighted by Gasteiger charge is 2.12. The first kappa shape index (κ1) is 13.3. The Hall–Kier alpha value is -2.09. The van der Waals surface area contributed by atoms with Crippen molar-refractivity contribution in [3.63, 3.8) is 0 Å². The van der Waals surface area contributed by atoms with Crippen LogP contribution in [0.3, 0.4) is 0 Å². The van der Waals surface area contributed by atoms with E-state index in [-0.39, 0.29) is 5.92 Å². The first-order valence-electron chi connectivity index (χ1n) is 6.38. The lowest BCUT2D eigenvalue weighted by Crippen LogP contribution is -2.05. The molecule has 2 aromatic carbocycles. The van der Waals surface area contributed by atoms with Crippen molar-refractivity contribution in [3.8, 4) is 5.75 Å². The third-order valence-electron chi connectivity index (χ3n) is 3.41. The lowest BCUT2D eigenvalue weighted by Gasteiger charge is -2.13. The molecule has 0 N–H and O–H groups in total. The van der Waals surface area contributed by atoms with Gasteiger partial charge in [0.05, 0.1) is 7.11 Å². The number of carbonyl (C=O) groups excluding carboxylic acids is 1. The van der Waals surface area contributed by atoms with Crippen LogP contribution in [-0.4, -0.2) is 13.4 Å². The van der Waals surface area contributed by atoms with E-state index in [1.165, 1.54) is 11.1 Å². The number of hydrogen-bond donors (Lipinski definition) is 0. The van der Waals surface area contributed by atoms with E-state index in [4.69, 9.17) is 4.74 Å². The zero-order chi connectivity index (χ0) is 13.7. The molecule has 2 nitrogen and oxygen atoms in total. The molecule has 0 amide bonds. The minimum Gasteiger partial charge on any atom is -0.497 e. The van der Waals surface area contributed by atoms with Gasteiger partial charge in [-0.1, -0.05) is 36.4 Å². The van der Waals surface area contributed by atoms with Crippen molar-refractivity contribution in [2.75, 3.05) is 7.11 Å². The molecule has 0 aliphatic rings. The maximum Gasteiger partial charge on any atom is 0.127 e. The lowest BCUT2D eigenvalue weighted by atomic mass is 9.91. The minimum absolute atomic E-state index is 0.105. The summed E-state index contributed by atoms with van der Waals surface area (Å²) in [5.41, 5.74) is 3.47. The summed E-state index contributed by atoms with van der Waals surface area (Å²) in [6.45, 7) is 2.07. The second-order valence-electron chi connectivity index (χ2n) is 4.65. The average Bonchev–Trinajstić information content (AvgIpc) is 2.47. The maximum atomic E-state index is 11.3. The number of methoxy groups -OCH3 is 1. The van der Waals surface area contributed by atoms with E-state index in [9.17, 15) is 4.79 Å². The van der Waals surface area contributed by atoms with Gasteiger partial charge < -0.3 is 9.53 Å². The normalized spacial score (nSPS) is 11.9. The van der Waals surface area contributed by atoms with Crippen molar-refractivity contribution in [2.24, 2.45) is 0 Å². The largest absolute Gasteiger partial charge is 0.497 e. The SMILES string of the molecule is COc1ccc(C(C=O)Cc2ccccc2C)cc1. The number of ether oxygens (including phenoxy) is 1. The van der Waals surface area contributed by atoms with Crippen molar-refractivity contribution in [1.82, 2.24) is 0 Å². The molecule has 0 aliphatic heterocycles. The van der Waals surface area contributed by atoms with Gasteiger partial charge in [0.2, 0.25) is 0 Å². The number of aldehydes is 1. The fraction of sp³-hybridized carbons (Fsp3) is 0.235. The summed E-state index contributed by atoms with van der Waals surface area (Å²) >= 11 is 0. The monoisotopic (exact) mass is 254 g/mol. The molecular formula is C17H18O2. The third-order valence-corrected chi connectivity index (χ3v) is 3.41. The maximum absolute atomic E-state index is 11.3. The van der Waals surface area contributed by atoms with Crippen LogP contribution >= 0.6 is 0 Å². The smallest absolute Gasteiger partial charge is 0.127 e. The highest BCUT2D eigenvalue weighted by Crippen LogP contribution is 2.23. The number of aryl methyl sites for hydroxylation is 1. The van der Waals surface area contributed by atoms with Crippen LogP contribution in [0.15, 0.2) is 48.5 Å². The summed E-state index contributed by atoms with van der Waals surface area (Å²) in [5, 5.41) is 0. The number of benzene rings is 2. The molecule has 0 aliphatic carbocycles. The number of rotatable bonds is 5. The van der Waals surface area contributed by atoms with Crippen LogP contribution < -0.4 is 4.74 Å². The summed E-state index contributed by atoms with van der Waals surface area (Å²) < 4.78 is 5.13. The lowest BCUT2D eigenvalue weighted by molar-refractivity contribution is -0.109. The van der Waals surface area contributed by atoms with E-state index in [1.54, 1.807) is 7.11 Å². The topological polar surface area (TPSA) is 26.3 Å².